The molecular formula is C16H17N5O5. The summed E-state index contributed by atoms with van der Waals surface area (Å²) in [5, 5.41) is 29.4. The van der Waals surface area contributed by atoms with E-state index in [1.165, 1.54) is 10.9 Å². The van der Waals surface area contributed by atoms with Gasteiger partial charge < -0.3 is 25.0 Å². The Morgan fingerprint density at radius 1 is 1.31 bits per heavy atom. The van der Waals surface area contributed by atoms with Crippen molar-refractivity contribution in [1.29, 1.82) is 0 Å². The van der Waals surface area contributed by atoms with Gasteiger partial charge in [0.05, 0.1) is 12.9 Å². The lowest BCUT2D eigenvalue weighted by Gasteiger charge is -2.16. The zero-order valence-corrected chi connectivity index (χ0v) is 13.6. The van der Waals surface area contributed by atoms with Crippen molar-refractivity contribution in [2.75, 3.05) is 6.61 Å². The SMILES string of the molecule is O=c1[nH]c(Cc2cccnc2)nc2c1ncn2C1OC(CO)C(O)C1O. The van der Waals surface area contributed by atoms with Gasteiger partial charge in [-0.2, -0.15) is 0 Å². The lowest BCUT2D eigenvalue weighted by molar-refractivity contribution is -0.0511. The predicted octanol–water partition coefficient (Wildman–Crippen LogP) is -1.28. The largest absolute Gasteiger partial charge is 0.394 e. The Morgan fingerprint density at radius 3 is 2.85 bits per heavy atom. The normalized spacial score (nSPS) is 25.8. The number of aliphatic hydroxyl groups is 3. The number of rotatable bonds is 4. The molecule has 1 saturated heterocycles. The van der Waals surface area contributed by atoms with Crippen LogP contribution in [-0.4, -0.2) is 64.7 Å². The van der Waals surface area contributed by atoms with Gasteiger partial charge in [0.15, 0.2) is 17.4 Å². The second-order valence-corrected chi connectivity index (χ2v) is 6.10. The Kier molecular flexibility index (Phi) is 4.24. The maximum absolute atomic E-state index is 12.3. The average molecular weight is 359 g/mol. The Balaban J connectivity index is 1.74. The van der Waals surface area contributed by atoms with Gasteiger partial charge in [-0.15, -0.1) is 0 Å². The smallest absolute Gasteiger partial charge is 0.279 e. The van der Waals surface area contributed by atoms with E-state index in [1.54, 1.807) is 18.5 Å². The van der Waals surface area contributed by atoms with Gasteiger partial charge >= 0.3 is 0 Å². The van der Waals surface area contributed by atoms with Gasteiger partial charge in [-0.25, -0.2) is 9.97 Å². The number of hydrogen-bond donors (Lipinski definition) is 4. The average Bonchev–Trinajstić information content (AvgIpc) is 3.18. The van der Waals surface area contributed by atoms with Crippen LogP contribution in [0.2, 0.25) is 0 Å². The predicted molar refractivity (Wildman–Crippen MR) is 88.2 cm³/mol. The summed E-state index contributed by atoms with van der Waals surface area (Å²) < 4.78 is 6.89. The topological polar surface area (TPSA) is 146 Å². The van der Waals surface area contributed by atoms with Crippen molar-refractivity contribution in [3.8, 4) is 0 Å². The van der Waals surface area contributed by atoms with Crippen LogP contribution in [0.4, 0.5) is 0 Å². The minimum atomic E-state index is -1.28. The molecule has 136 valence electrons. The lowest BCUT2D eigenvalue weighted by Crippen LogP contribution is -2.33. The third kappa shape index (κ3) is 2.78. The quantitative estimate of drug-likeness (QED) is 0.450. The number of aromatic amines is 1. The highest BCUT2D eigenvalue weighted by Gasteiger charge is 2.44. The summed E-state index contributed by atoms with van der Waals surface area (Å²) in [4.78, 5) is 27.5. The maximum atomic E-state index is 12.3. The van der Waals surface area contributed by atoms with Crippen LogP contribution in [0.15, 0.2) is 35.6 Å². The van der Waals surface area contributed by atoms with E-state index in [4.69, 9.17) is 4.74 Å². The Labute approximate surface area is 146 Å². The van der Waals surface area contributed by atoms with Crippen molar-refractivity contribution >= 4 is 11.2 Å². The minimum Gasteiger partial charge on any atom is -0.394 e. The molecule has 4 unspecified atom stereocenters. The molecule has 4 N–H and O–H groups in total. The van der Waals surface area contributed by atoms with Crippen LogP contribution in [0.5, 0.6) is 0 Å². The van der Waals surface area contributed by atoms with Crippen molar-refractivity contribution in [2.24, 2.45) is 0 Å². The van der Waals surface area contributed by atoms with Crippen molar-refractivity contribution in [3.63, 3.8) is 0 Å². The van der Waals surface area contributed by atoms with Crippen LogP contribution in [0.25, 0.3) is 11.2 Å². The molecule has 4 rings (SSSR count). The number of ether oxygens (including phenoxy) is 1. The van der Waals surface area contributed by atoms with Crippen LogP contribution >= 0.6 is 0 Å². The van der Waals surface area contributed by atoms with Crippen LogP contribution < -0.4 is 5.56 Å². The molecule has 3 aromatic rings. The number of aliphatic hydroxyl groups excluding tert-OH is 3. The first-order valence-corrected chi connectivity index (χ1v) is 8.05. The number of fused-ring (bicyclic) bond motifs is 1. The number of nitrogens with zero attached hydrogens (tertiary/aromatic N) is 4. The fourth-order valence-electron chi connectivity index (χ4n) is 3.05. The second kappa shape index (κ2) is 6.57. The van der Waals surface area contributed by atoms with E-state index in [0.29, 0.717) is 12.2 Å². The molecule has 0 bridgehead atoms. The summed E-state index contributed by atoms with van der Waals surface area (Å²) in [6.45, 7) is -0.443. The van der Waals surface area contributed by atoms with E-state index >= 15 is 0 Å². The molecule has 10 heteroatoms. The van der Waals surface area contributed by atoms with Gasteiger partial charge in [-0.3, -0.25) is 14.3 Å². The summed E-state index contributed by atoms with van der Waals surface area (Å²) in [6, 6.07) is 3.65. The zero-order chi connectivity index (χ0) is 18.3. The molecule has 0 amide bonds. The van der Waals surface area contributed by atoms with Crippen LogP contribution in [0.1, 0.15) is 17.6 Å². The molecule has 26 heavy (non-hydrogen) atoms. The van der Waals surface area contributed by atoms with Gasteiger partial charge in [0.1, 0.15) is 24.1 Å². The van der Waals surface area contributed by atoms with Gasteiger partial charge in [0.25, 0.3) is 5.56 Å². The van der Waals surface area contributed by atoms with E-state index in [2.05, 4.69) is 19.9 Å². The Morgan fingerprint density at radius 2 is 2.15 bits per heavy atom. The lowest BCUT2D eigenvalue weighted by atomic mass is 10.1. The zero-order valence-electron chi connectivity index (χ0n) is 13.6. The van der Waals surface area contributed by atoms with E-state index in [-0.39, 0.29) is 11.2 Å². The summed E-state index contributed by atoms with van der Waals surface area (Å²) in [7, 11) is 0. The first kappa shape index (κ1) is 16.8. The van der Waals surface area contributed by atoms with Gasteiger partial charge in [0.2, 0.25) is 0 Å². The number of nitrogens with one attached hydrogen (secondary N) is 1. The highest BCUT2D eigenvalue weighted by molar-refractivity contribution is 5.69. The van der Waals surface area contributed by atoms with E-state index in [1.807, 2.05) is 6.07 Å². The molecule has 4 atom stereocenters. The molecule has 10 nitrogen and oxygen atoms in total. The number of pyridine rings is 1. The van der Waals surface area contributed by atoms with Crippen LogP contribution in [0, 0.1) is 0 Å². The van der Waals surface area contributed by atoms with Crippen molar-refractivity contribution in [3.05, 3.63) is 52.6 Å². The number of aromatic nitrogens is 5. The molecule has 1 aliphatic rings. The Bertz CT molecular complexity index is 972. The van der Waals surface area contributed by atoms with E-state index < -0.39 is 36.7 Å². The fourth-order valence-corrected chi connectivity index (χ4v) is 3.05. The number of H-pyrrole nitrogens is 1. The minimum absolute atomic E-state index is 0.0951. The molecule has 0 spiro atoms. The fraction of sp³-hybridized carbons (Fsp3) is 0.375. The van der Waals surface area contributed by atoms with Gasteiger partial charge in [0, 0.05) is 18.8 Å². The van der Waals surface area contributed by atoms with Crippen molar-refractivity contribution < 1.29 is 20.1 Å². The standard InChI is InChI=1S/C16H17N5O5/c22-6-9-12(23)13(24)16(26-9)21-7-18-11-14(21)19-10(20-15(11)25)4-8-2-1-3-17-5-8/h1-3,5,7,9,12-13,16,22-24H,4,6H2,(H,19,20,25). The third-order valence-electron chi connectivity index (χ3n) is 4.37. The molecular weight excluding hydrogens is 342 g/mol. The van der Waals surface area contributed by atoms with Crippen LogP contribution in [-0.2, 0) is 11.2 Å². The Hall–Kier alpha value is -2.66. The molecule has 0 aromatic carbocycles. The molecule has 1 aliphatic heterocycles. The van der Waals surface area contributed by atoms with Crippen LogP contribution in [0.3, 0.4) is 0 Å². The van der Waals surface area contributed by atoms with Crippen molar-refractivity contribution in [2.45, 2.75) is 31.0 Å². The monoisotopic (exact) mass is 359 g/mol. The molecule has 4 heterocycles. The van der Waals surface area contributed by atoms with Gasteiger partial charge in [-0.1, -0.05) is 6.07 Å². The third-order valence-corrected chi connectivity index (χ3v) is 4.37. The van der Waals surface area contributed by atoms with E-state index in [9.17, 15) is 20.1 Å². The highest BCUT2D eigenvalue weighted by atomic mass is 16.6. The number of imidazole rings is 1. The second-order valence-electron chi connectivity index (χ2n) is 6.10. The molecule has 3 aromatic heterocycles. The maximum Gasteiger partial charge on any atom is 0.279 e. The summed E-state index contributed by atoms with van der Waals surface area (Å²) in [5.41, 5.74) is 0.772. The summed E-state index contributed by atoms with van der Waals surface area (Å²) >= 11 is 0. The van der Waals surface area contributed by atoms with Gasteiger partial charge in [-0.05, 0) is 11.6 Å². The molecule has 0 radical (unpaired) electrons. The molecule has 0 saturated carbocycles. The molecule has 1 fully saturated rings. The number of hydrogen-bond acceptors (Lipinski definition) is 8. The van der Waals surface area contributed by atoms with Crippen molar-refractivity contribution in [1.82, 2.24) is 24.5 Å². The highest BCUT2D eigenvalue weighted by Crippen LogP contribution is 2.30. The summed E-state index contributed by atoms with van der Waals surface area (Å²) in [6.07, 6.45) is 0.540. The molecule has 0 aliphatic carbocycles. The first-order chi connectivity index (χ1) is 12.6. The van der Waals surface area contributed by atoms with E-state index in [0.717, 1.165) is 5.56 Å². The summed E-state index contributed by atoms with van der Waals surface area (Å²) in [5.74, 6) is 0.406. The first-order valence-electron chi connectivity index (χ1n) is 8.05.